The molecule has 5 rings (SSSR count). The molecule has 2 aromatic rings. The van der Waals surface area contributed by atoms with E-state index in [1.165, 1.54) is 29.8 Å². The van der Waals surface area contributed by atoms with Gasteiger partial charge in [0.1, 0.15) is 12.1 Å². The predicted octanol–water partition coefficient (Wildman–Crippen LogP) is 4.86. The molecule has 0 radical (unpaired) electrons. The molecule has 40 heavy (non-hydrogen) atoms. The van der Waals surface area contributed by atoms with E-state index in [2.05, 4.69) is 52.2 Å². The number of hydrogen-bond donors (Lipinski definition) is 2. The fourth-order valence-electron chi connectivity index (χ4n) is 6.62. The number of benzene rings is 1. The molecule has 2 N–H and O–H groups in total. The highest BCUT2D eigenvalue weighted by Crippen LogP contribution is 2.44. The first-order valence-electron chi connectivity index (χ1n) is 14.8. The molecule has 2 atom stereocenters. The van der Waals surface area contributed by atoms with Crippen LogP contribution in [-0.4, -0.2) is 53.0 Å². The molecule has 0 bridgehead atoms. The van der Waals surface area contributed by atoms with Crippen LogP contribution in [0.4, 0.5) is 0 Å². The molecule has 1 saturated carbocycles. The lowest BCUT2D eigenvalue weighted by Crippen LogP contribution is -2.60. The van der Waals surface area contributed by atoms with Crippen molar-refractivity contribution >= 4 is 23.8 Å². The Hall–Kier alpha value is -3.42. The second-order valence-corrected chi connectivity index (χ2v) is 12.9. The van der Waals surface area contributed by atoms with Crippen LogP contribution in [0.2, 0.25) is 0 Å². The summed E-state index contributed by atoms with van der Waals surface area (Å²) in [5.41, 5.74) is 2.07. The van der Waals surface area contributed by atoms with Crippen LogP contribution in [0.15, 0.2) is 47.1 Å². The number of allylic oxidation sites excluding steroid dienone is 1. The third kappa shape index (κ3) is 6.01. The summed E-state index contributed by atoms with van der Waals surface area (Å²) in [5.74, 6) is -0.450. The van der Waals surface area contributed by atoms with Crippen LogP contribution in [0.3, 0.4) is 0 Å². The number of aromatic nitrogens is 1. The van der Waals surface area contributed by atoms with Crippen LogP contribution >= 0.6 is 0 Å². The van der Waals surface area contributed by atoms with Gasteiger partial charge in [-0.05, 0) is 41.7 Å². The van der Waals surface area contributed by atoms with Crippen molar-refractivity contribution < 1.29 is 18.9 Å². The van der Waals surface area contributed by atoms with Crippen LogP contribution in [0.5, 0.6) is 0 Å². The third-order valence-electron chi connectivity index (χ3n) is 9.02. The molecule has 3 amide bonds. The van der Waals surface area contributed by atoms with E-state index in [1.807, 2.05) is 25.7 Å². The van der Waals surface area contributed by atoms with E-state index in [4.69, 9.17) is 4.52 Å². The van der Waals surface area contributed by atoms with Gasteiger partial charge in [0.15, 0.2) is 0 Å². The summed E-state index contributed by atoms with van der Waals surface area (Å²) in [5, 5.41) is 9.55. The highest BCUT2D eigenvalue weighted by molar-refractivity contribution is 5.96. The van der Waals surface area contributed by atoms with Gasteiger partial charge in [-0.1, -0.05) is 94.4 Å². The van der Waals surface area contributed by atoms with E-state index in [0.717, 1.165) is 38.5 Å². The number of piperidine rings is 1. The molecule has 1 spiro atoms. The lowest BCUT2D eigenvalue weighted by Gasteiger charge is -2.42. The van der Waals surface area contributed by atoms with Gasteiger partial charge in [0.25, 0.3) is 5.91 Å². The monoisotopic (exact) mass is 546 g/mol. The molecule has 8 heteroatoms. The van der Waals surface area contributed by atoms with Gasteiger partial charge in [-0.15, -0.1) is 0 Å². The summed E-state index contributed by atoms with van der Waals surface area (Å²) in [4.78, 5) is 42.4. The Bertz CT molecular complexity index is 1230. The first kappa shape index (κ1) is 28.1. The summed E-state index contributed by atoms with van der Waals surface area (Å²) >= 11 is 0. The summed E-state index contributed by atoms with van der Waals surface area (Å²) in [7, 11) is 0. The highest BCUT2D eigenvalue weighted by Gasteiger charge is 2.43. The van der Waals surface area contributed by atoms with E-state index in [1.54, 1.807) is 0 Å². The first-order chi connectivity index (χ1) is 19.2. The SMILES string of the molecule is CC(C)(C)[C@H](NC(=O)[C@H](CC1CCCCC1)NC(=O)c1ccno1)C(=O)N1CCC2(C=Cc3ccccc32)CC1. The maximum Gasteiger partial charge on any atom is 0.290 e. The van der Waals surface area contributed by atoms with Crippen LogP contribution in [0.1, 0.15) is 93.8 Å². The molecule has 214 valence electrons. The Balaban J connectivity index is 1.28. The zero-order valence-electron chi connectivity index (χ0n) is 23.9. The van der Waals surface area contributed by atoms with Crippen molar-refractivity contribution in [3.05, 3.63) is 59.5 Å². The number of carbonyl (C=O) groups excluding carboxylic acids is 3. The standard InChI is InChI=1S/C32H42N4O4/c1-31(2,3)27(30(39)36-19-16-32(17-20-36)15-13-23-11-7-8-12-24(23)32)35-28(37)25(21-22-9-5-4-6-10-22)34-29(38)26-14-18-33-40-26/h7-8,11-15,18,22,25,27H,4-6,9-10,16-17,19-21H2,1-3H3,(H,34,38)(H,35,37)/t25-,27+/m0/s1. The number of nitrogens with zero attached hydrogens (tertiary/aromatic N) is 2. The zero-order chi connectivity index (χ0) is 28.3. The Morgan fingerprint density at radius 1 is 1.05 bits per heavy atom. The van der Waals surface area contributed by atoms with Gasteiger partial charge >= 0.3 is 0 Å². The van der Waals surface area contributed by atoms with Gasteiger partial charge in [-0.3, -0.25) is 14.4 Å². The number of hydrogen-bond acceptors (Lipinski definition) is 5. The average molecular weight is 547 g/mol. The normalized spacial score (nSPS) is 20.1. The van der Waals surface area contributed by atoms with Crippen LogP contribution in [0.25, 0.3) is 6.08 Å². The molecule has 1 aliphatic heterocycles. The molecule has 2 fully saturated rings. The van der Waals surface area contributed by atoms with Crippen molar-refractivity contribution in [2.24, 2.45) is 11.3 Å². The molecule has 0 unspecified atom stereocenters. The van der Waals surface area contributed by atoms with E-state index in [9.17, 15) is 14.4 Å². The summed E-state index contributed by atoms with van der Waals surface area (Å²) < 4.78 is 5.02. The Morgan fingerprint density at radius 2 is 1.77 bits per heavy atom. The predicted molar refractivity (Wildman–Crippen MR) is 153 cm³/mol. The fraction of sp³-hybridized carbons (Fsp3) is 0.562. The van der Waals surface area contributed by atoms with Gasteiger partial charge in [0.2, 0.25) is 17.6 Å². The first-order valence-corrected chi connectivity index (χ1v) is 14.8. The Morgan fingerprint density at radius 3 is 2.45 bits per heavy atom. The summed E-state index contributed by atoms with van der Waals surface area (Å²) in [6.07, 6.45) is 13.7. The Labute approximate surface area is 236 Å². The molecular weight excluding hydrogens is 504 g/mol. The third-order valence-corrected chi connectivity index (χ3v) is 9.02. The summed E-state index contributed by atoms with van der Waals surface area (Å²) in [6, 6.07) is 8.50. The van der Waals surface area contributed by atoms with Crippen LogP contribution in [-0.2, 0) is 15.0 Å². The molecule has 1 aromatic heterocycles. The molecule has 1 saturated heterocycles. The van der Waals surface area contributed by atoms with Gasteiger partial charge < -0.3 is 20.1 Å². The van der Waals surface area contributed by atoms with E-state index in [-0.39, 0.29) is 23.0 Å². The molecule has 2 heterocycles. The number of carbonyl (C=O) groups is 3. The molecule has 3 aliphatic rings. The quantitative estimate of drug-likeness (QED) is 0.516. The largest absolute Gasteiger partial charge is 0.351 e. The van der Waals surface area contributed by atoms with Crippen molar-refractivity contribution in [2.45, 2.75) is 89.6 Å². The van der Waals surface area contributed by atoms with Gasteiger partial charge in [0.05, 0.1) is 6.20 Å². The van der Waals surface area contributed by atoms with Crippen molar-refractivity contribution in [1.29, 1.82) is 0 Å². The zero-order valence-corrected chi connectivity index (χ0v) is 23.9. The number of nitrogens with one attached hydrogen (secondary N) is 2. The minimum absolute atomic E-state index is 0.0239. The minimum atomic E-state index is -0.761. The maximum absolute atomic E-state index is 13.9. The number of fused-ring (bicyclic) bond motifs is 2. The fourth-order valence-corrected chi connectivity index (χ4v) is 6.62. The van der Waals surface area contributed by atoms with Crippen molar-refractivity contribution in [2.75, 3.05) is 13.1 Å². The van der Waals surface area contributed by atoms with Crippen LogP contribution in [0, 0.1) is 11.3 Å². The maximum atomic E-state index is 13.9. The molecular formula is C32H42N4O4. The van der Waals surface area contributed by atoms with Crippen molar-refractivity contribution in [1.82, 2.24) is 20.7 Å². The molecule has 2 aliphatic carbocycles. The lowest BCUT2D eigenvalue weighted by atomic mass is 9.74. The minimum Gasteiger partial charge on any atom is -0.351 e. The van der Waals surface area contributed by atoms with Gasteiger partial charge in [0, 0.05) is 24.6 Å². The van der Waals surface area contributed by atoms with E-state index >= 15 is 0 Å². The Kier molecular flexibility index (Phi) is 8.15. The summed E-state index contributed by atoms with van der Waals surface area (Å²) in [6.45, 7) is 7.18. The smallest absolute Gasteiger partial charge is 0.290 e. The van der Waals surface area contributed by atoms with E-state index in [0.29, 0.717) is 25.4 Å². The van der Waals surface area contributed by atoms with E-state index < -0.39 is 23.4 Å². The number of amides is 3. The average Bonchev–Trinajstić information content (AvgIpc) is 3.61. The number of rotatable bonds is 7. The second-order valence-electron chi connectivity index (χ2n) is 12.9. The highest BCUT2D eigenvalue weighted by atomic mass is 16.5. The second kappa shape index (κ2) is 11.6. The number of likely N-dealkylation sites (tertiary alicyclic amines) is 1. The van der Waals surface area contributed by atoms with Crippen molar-refractivity contribution in [3.8, 4) is 0 Å². The lowest BCUT2D eigenvalue weighted by molar-refractivity contribution is -0.141. The topological polar surface area (TPSA) is 105 Å². The molecule has 1 aromatic carbocycles. The van der Waals surface area contributed by atoms with Gasteiger partial charge in [-0.2, -0.15) is 0 Å². The van der Waals surface area contributed by atoms with Crippen LogP contribution < -0.4 is 10.6 Å². The van der Waals surface area contributed by atoms with Gasteiger partial charge in [-0.25, -0.2) is 0 Å². The molecule has 8 nitrogen and oxygen atoms in total. The van der Waals surface area contributed by atoms with Crippen molar-refractivity contribution in [3.63, 3.8) is 0 Å².